The zero-order valence-corrected chi connectivity index (χ0v) is 13.7. The first-order valence-electron chi connectivity index (χ1n) is 7.82. The lowest BCUT2D eigenvalue weighted by molar-refractivity contribution is -0.134. The molecule has 26 heavy (non-hydrogen) atoms. The van der Waals surface area contributed by atoms with Crippen molar-refractivity contribution in [1.82, 2.24) is 4.98 Å². The first-order chi connectivity index (χ1) is 12.5. The molecule has 6 heteroatoms. The predicted octanol–water partition coefficient (Wildman–Crippen LogP) is 2.55. The van der Waals surface area contributed by atoms with Crippen molar-refractivity contribution >= 4 is 40.3 Å². The molecule has 6 nitrogen and oxygen atoms in total. The molecule has 0 saturated heterocycles. The van der Waals surface area contributed by atoms with Gasteiger partial charge in [-0.15, -0.1) is 0 Å². The number of anilines is 1. The number of pyridine rings is 1. The molecule has 0 atom stereocenters. The van der Waals surface area contributed by atoms with E-state index in [9.17, 15) is 14.4 Å². The molecule has 2 aromatic carbocycles. The summed E-state index contributed by atoms with van der Waals surface area (Å²) in [4.78, 5) is 38.7. The summed E-state index contributed by atoms with van der Waals surface area (Å²) in [5.74, 6) is -2.19. The van der Waals surface area contributed by atoms with Crippen LogP contribution >= 0.6 is 0 Å². The van der Waals surface area contributed by atoms with E-state index in [1.54, 1.807) is 18.2 Å². The molecule has 0 bridgehead atoms. The fraction of sp³-hybridized carbons (Fsp3) is 0. The average Bonchev–Trinajstić information content (AvgIpc) is 2.66. The van der Waals surface area contributed by atoms with Gasteiger partial charge in [0.05, 0.1) is 11.2 Å². The summed E-state index contributed by atoms with van der Waals surface area (Å²) in [5, 5.41) is 3.36. The molecule has 3 aromatic rings. The summed E-state index contributed by atoms with van der Waals surface area (Å²) in [5.41, 5.74) is 7.24. The molecule has 0 radical (unpaired) electrons. The van der Waals surface area contributed by atoms with Gasteiger partial charge in [0.1, 0.15) is 0 Å². The summed E-state index contributed by atoms with van der Waals surface area (Å²) in [7, 11) is 0. The van der Waals surface area contributed by atoms with Gasteiger partial charge in [0.25, 0.3) is 0 Å². The number of amides is 2. The predicted molar refractivity (Wildman–Crippen MR) is 99.4 cm³/mol. The van der Waals surface area contributed by atoms with Gasteiger partial charge >= 0.3 is 11.8 Å². The summed E-state index contributed by atoms with van der Waals surface area (Å²) in [6, 6.07) is 17.7. The Labute approximate surface area is 149 Å². The molecule has 1 aromatic heterocycles. The maximum atomic E-state index is 12.2. The number of nitrogens with one attached hydrogen (secondary N) is 1. The number of para-hydroxylation sites is 1. The number of ketones is 1. The molecule has 0 spiro atoms. The van der Waals surface area contributed by atoms with Gasteiger partial charge in [-0.25, -0.2) is 4.98 Å². The first-order valence-corrected chi connectivity index (χ1v) is 7.82. The minimum absolute atomic E-state index is 0.201. The number of rotatable bonds is 4. The van der Waals surface area contributed by atoms with Gasteiger partial charge < -0.3 is 11.1 Å². The number of nitrogens with two attached hydrogens (primary N) is 1. The van der Waals surface area contributed by atoms with E-state index in [0.717, 1.165) is 10.9 Å². The molecule has 0 aliphatic heterocycles. The summed E-state index contributed by atoms with van der Waals surface area (Å²) >= 11 is 0. The zero-order valence-electron chi connectivity index (χ0n) is 13.7. The number of hydrogen-bond acceptors (Lipinski definition) is 4. The number of primary amides is 1. The van der Waals surface area contributed by atoms with Gasteiger partial charge in [0, 0.05) is 16.6 Å². The van der Waals surface area contributed by atoms with Crippen LogP contribution in [0, 0.1) is 0 Å². The van der Waals surface area contributed by atoms with Crippen molar-refractivity contribution in [3.05, 3.63) is 78.0 Å². The van der Waals surface area contributed by atoms with Crippen LogP contribution in [0.4, 0.5) is 5.69 Å². The zero-order chi connectivity index (χ0) is 18.5. The minimum atomic E-state index is -1.07. The van der Waals surface area contributed by atoms with E-state index in [2.05, 4.69) is 10.3 Å². The lowest BCUT2D eigenvalue weighted by Gasteiger charge is -2.03. The maximum Gasteiger partial charge on any atom is 0.313 e. The Bertz CT molecular complexity index is 1020. The van der Waals surface area contributed by atoms with Crippen LogP contribution in [0.2, 0.25) is 0 Å². The Morgan fingerprint density at radius 1 is 0.923 bits per heavy atom. The molecule has 128 valence electrons. The van der Waals surface area contributed by atoms with Crippen LogP contribution in [0.15, 0.2) is 66.7 Å². The lowest BCUT2D eigenvalue weighted by Crippen LogP contribution is -2.29. The van der Waals surface area contributed by atoms with E-state index in [4.69, 9.17) is 5.73 Å². The van der Waals surface area contributed by atoms with E-state index in [1.807, 2.05) is 36.4 Å². The second-order valence-corrected chi connectivity index (χ2v) is 5.52. The smallest absolute Gasteiger partial charge is 0.313 e. The van der Waals surface area contributed by atoms with Gasteiger partial charge in [-0.3, -0.25) is 14.4 Å². The van der Waals surface area contributed by atoms with Gasteiger partial charge in [-0.1, -0.05) is 24.3 Å². The Balaban J connectivity index is 1.71. The maximum absolute atomic E-state index is 12.2. The van der Waals surface area contributed by atoms with E-state index in [0.29, 0.717) is 16.9 Å². The molecule has 1 heterocycles. The van der Waals surface area contributed by atoms with Gasteiger partial charge in [0.2, 0.25) is 0 Å². The molecule has 2 amide bonds. The molecule has 0 aliphatic carbocycles. The number of allylic oxidation sites excluding steroid dienone is 1. The fourth-order valence-electron chi connectivity index (χ4n) is 2.34. The molecule has 0 fully saturated rings. The summed E-state index contributed by atoms with van der Waals surface area (Å²) < 4.78 is 0. The van der Waals surface area contributed by atoms with Crippen molar-refractivity contribution < 1.29 is 14.4 Å². The molecular formula is C20H15N3O3. The number of hydrogen-bond donors (Lipinski definition) is 2. The van der Waals surface area contributed by atoms with Gasteiger partial charge in [-0.05, 0) is 48.6 Å². The van der Waals surface area contributed by atoms with Crippen LogP contribution in [-0.2, 0) is 9.59 Å². The number of nitrogens with zero attached hydrogens (tertiary/aromatic N) is 1. The third kappa shape index (κ3) is 3.99. The molecule has 3 N–H and O–H groups in total. The quantitative estimate of drug-likeness (QED) is 0.431. The Morgan fingerprint density at radius 2 is 1.65 bits per heavy atom. The molecule has 0 unspecified atom stereocenters. The third-order valence-corrected chi connectivity index (χ3v) is 3.68. The van der Waals surface area contributed by atoms with Crippen LogP contribution in [0.1, 0.15) is 16.1 Å². The van der Waals surface area contributed by atoms with Gasteiger partial charge in [-0.2, -0.15) is 0 Å². The molecule has 0 aliphatic rings. The highest BCUT2D eigenvalue weighted by Gasteiger charge is 2.09. The minimum Gasteiger partial charge on any atom is -0.361 e. The van der Waals surface area contributed by atoms with Crippen molar-refractivity contribution in [1.29, 1.82) is 0 Å². The third-order valence-electron chi connectivity index (χ3n) is 3.68. The summed E-state index contributed by atoms with van der Waals surface area (Å²) in [6.07, 6.45) is 3.09. The lowest BCUT2D eigenvalue weighted by atomic mass is 10.1. The van der Waals surface area contributed by atoms with Crippen LogP contribution in [0.5, 0.6) is 0 Å². The Morgan fingerprint density at radius 3 is 2.38 bits per heavy atom. The van der Waals surface area contributed by atoms with Crippen molar-refractivity contribution in [3.63, 3.8) is 0 Å². The first kappa shape index (κ1) is 17.0. The van der Waals surface area contributed by atoms with Crippen molar-refractivity contribution in [2.75, 3.05) is 5.32 Å². The second-order valence-electron chi connectivity index (χ2n) is 5.52. The van der Waals surface area contributed by atoms with Crippen LogP contribution in [0.25, 0.3) is 17.0 Å². The number of aromatic nitrogens is 1. The number of carbonyl (C=O) groups is 3. The summed E-state index contributed by atoms with van der Waals surface area (Å²) in [6.45, 7) is 0. The molecular weight excluding hydrogens is 330 g/mol. The van der Waals surface area contributed by atoms with E-state index in [-0.39, 0.29) is 5.78 Å². The second kappa shape index (κ2) is 7.40. The standard InChI is InChI=1S/C20H15N3O3/c21-19(25)20(26)23-16-9-6-14(7-10-16)18(24)12-11-15-8-5-13-3-1-2-4-17(13)22-15/h1-12H,(H2,21,25)(H,23,26)/b12-11+. The largest absolute Gasteiger partial charge is 0.361 e. The van der Waals surface area contributed by atoms with E-state index >= 15 is 0 Å². The van der Waals surface area contributed by atoms with Gasteiger partial charge in [0.15, 0.2) is 5.78 Å². The molecule has 0 saturated carbocycles. The van der Waals surface area contributed by atoms with Crippen LogP contribution in [0.3, 0.4) is 0 Å². The van der Waals surface area contributed by atoms with Crippen molar-refractivity contribution in [3.8, 4) is 0 Å². The average molecular weight is 345 g/mol. The highest BCUT2D eigenvalue weighted by atomic mass is 16.2. The van der Waals surface area contributed by atoms with Crippen LogP contribution < -0.4 is 11.1 Å². The fourth-order valence-corrected chi connectivity index (χ4v) is 2.34. The molecule has 3 rings (SSSR count). The SMILES string of the molecule is NC(=O)C(=O)Nc1ccc(C(=O)/C=C/c2ccc3ccccc3n2)cc1. The topological polar surface area (TPSA) is 102 Å². The normalized spacial score (nSPS) is 10.8. The number of benzene rings is 2. The van der Waals surface area contributed by atoms with E-state index in [1.165, 1.54) is 18.2 Å². The number of carbonyl (C=O) groups excluding carboxylic acids is 3. The Hall–Kier alpha value is -3.80. The highest BCUT2D eigenvalue weighted by Crippen LogP contribution is 2.14. The highest BCUT2D eigenvalue weighted by molar-refractivity contribution is 6.39. The van der Waals surface area contributed by atoms with E-state index < -0.39 is 11.8 Å². The number of fused-ring (bicyclic) bond motifs is 1. The van der Waals surface area contributed by atoms with Crippen molar-refractivity contribution in [2.45, 2.75) is 0 Å². The Kier molecular flexibility index (Phi) is 4.85. The van der Waals surface area contributed by atoms with Crippen LogP contribution in [-0.4, -0.2) is 22.6 Å². The monoisotopic (exact) mass is 345 g/mol. The van der Waals surface area contributed by atoms with Crippen molar-refractivity contribution in [2.24, 2.45) is 5.73 Å².